The van der Waals surface area contributed by atoms with Gasteiger partial charge in [-0.15, -0.1) is 11.3 Å². The van der Waals surface area contributed by atoms with Gasteiger partial charge in [-0.3, -0.25) is 15.0 Å². The number of H-pyrrole nitrogens is 1. The van der Waals surface area contributed by atoms with E-state index in [1.54, 1.807) is 12.1 Å². The topological polar surface area (TPSA) is 118 Å². The second-order valence-corrected chi connectivity index (χ2v) is 8.17. The predicted molar refractivity (Wildman–Crippen MR) is 112 cm³/mol. The number of carbonyl (C=O) groups excluding carboxylic acids is 1. The molecule has 1 aromatic carbocycles. The Labute approximate surface area is 170 Å². The third kappa shape index (κ3) is 3.36. The average Bonchev–Trinajstić information content (AvgIpc) is 3.38. The molecule has 4 N–H and O–H groups in total. The summed E-state index contributed by atoms with van der Waals surface area (Å²) in [5, 5.41) is 3.54. The fourth-order valence-electron chi connectivity index (χ4n) is 3.58. The number of thiazole rings is 1. The molecule has 0 radical (unpaired) electrons. The Morgan fingerprint density at radius 2 is 2.28 bits per heavy atom. The zero-order valence-electron chi connectivity index (χ0n) is 15.8. The van der Waals surface area contributed by atoms with Gasteiger partial charge in [0.1, 0.15) is 11.3 Å². The van der Waals surface area contributed by atoms with E-state index < -0.39 is 0 Å². The van der Waals surface area contributed by atoms with Gasteiger partial charge in [-0.2, -0.15) is 0 Å². The van der Waals surface area contributed by atoms with Gasteiger partial charge in [0.2, 0.25) is 0 Å². The lowest BCUT2D eigenvalue weighted by Gasteiger charge is -2.25. The molecule has 148 valence electrons. The highest BCUT2D eigenvalue weighted by Crippen LogP contribution is 2.29. The molecule has 3 aromatic heterocycles. The molecule has 0 saturated carbocycles. The lowest BCUT2D eigenvalue weighted by atomic mass is 10.1. The third-order valence-corrected chi connectivity index (χ3v) is 6.09. The Morgan fingerprint density at radius 1 is 1.38 bits per heavy atom. The number of nitrogens with two attached hydrogens (primary N) is 1. The summed E-state index contributed by atoms with van der Waals surface area (Å²) in [7, 11) is 2.01. The van der Waals surface area contributed by atoms with Crippen LogP contribution in [0.2, 0.25) is 0 Å². The number of imidazole rings is 2. The Morgan fingerprint density at radius 3 is 3.10 bits per heavy atom. The number of carbonyl (C=O) groups is 1. The third-order valence-electron chi connectivity index (χ3n) is 5.09. The smallest absolute Gasteiger partial charge is 0.259 e. The number of para-hydroxylation sites is 1. The molecule has 5 rings (SSSR count). The van der Waals surface area contributed by atoms with E-state index in [2.05, 4.69) is 30.2 Å². The lowest BCUT2D eigenvalue weighted by Crippen LogP contribution is -2.30. The molecule has 0 spiro atoms. The first-order chi connectivity index (χ1) is 14.1. The van der Waals surface area contributed by atoms with Crippen molar-refractivity contribution in [3.8, 4) is 0 Å². The van der Waals surface area contributed by atoms with Gasteiger partial charge in [-0.25, -0.2) is 15.0 Å². The largest absolute Gasteiger partial charge is 0.369 e. The van der Waals surface area contributed by atoms with Crippen LogP contribution in [-0.2, 0) is 26.6 Å². The van der Waals surface area contributed by atoms with Crippen LogP contribution in [0.5, 0.6) is 0 Å². The Balaban J connectivity index is 1.32. The number of aryl methyl sites for hydroxylation is 1. The summed E-state index contributed by atoms with van der Waals surface area (Å²) in [6, 6.07) is 5.38. The monoisotopic (exact) mass is 408 g/mol. The molecule has 0 saturated heterocycles. The Bertz CT molecular complexity index is 1210. The van der Waals surface area contributed by atoms with E-state index in [1.165, 1.54) is 16.2 Å². The summed E-state index contributed by atoms with van der Waals surface area (Å²) in [6.45, 7) is 2.52. The van der Waals surface area contributed by atoms with E-state index in [4.69, 9.17) is 5.73 Å². The van der Waals surface area contributed by atoms with Crippen molar-refractivity contribution in [3.63, 3.8) is 0 Å². The number of anilines is 2. The van der Waals surface area contributed by atoms with Crippen LogP contribution in [0.3, 0.4) is 0 Å². The zero-order chi connectivity index (χ0) is 20.0. The van der Waals surface area contributed by atoms with Gasteiger partial charge in [0.15, 0.2) is 11.1 Å². The summed E-state index contributed by atoms with van der Waals surface area (Å²) >= 11 is 1.52. The maximum Gasteiger partial charge on any atom is 0.259 e. The first kappa shape index (κ1) is 17.8. The maximum atomic E-state index is 12.8. The van der Waals surface area contributed by atoms with E-state index in [9.17, 15) is 4.79 Å². The van der Waals surface area contributed by atoms with Crippen LogP contribution in [0.25, 0.3) is 11.0 Å². The van der Waals surface area contributed by atoms with Crippen LogP contribution < -0.4 is 11.1 Å². The van der Waals surface area contributed by atoms with Gasteiger partial charge in [0, 0.05) is 43.8 Å². The summed E-state index contributed by atoms with van der Waals surface area (Å²) in [5.41, 5.74) is 8.56. The Kier molecular flexibility index (Phi) is 4.29. The standard InChI is InChI=1S/C19H20N8OS/c1-26-8-6-21-15(26)10-27-7-5-12-14(9-27)29-19(23-12)25-17(28)11-3-2-4-13-16(11)24-18(20)22-13/h2-4,6,8H,5,7,9-10H2,1H3,(H3,20,22,24)(H,23,25,28). The molecular formula is C19H20N8OS. The van der Waals surface area contributed by atoms with E-state index >= 15 is 0 Å². The second-order valence-electron chi connectivity index (χ2n) is 7.08. The molecule has 0 unspecified atom stereocenters. The minimum absolute atomic E-state index is 0.238. The van der Waals surface area contributed by atoms with Crippen LogP contribution in [0.1, 0.15) is 26.8 Å². The number of amides is 1. The number of aromatic amines is 1. The number of aromatic nitrogens is 5. The van der Waals surface area contributed by atoms with Gasteiger partial charge in [-0.05, 0) is 12.1 Å². The zero-order valence-corrected chi connectivity index (χ0v) is 16.7. The second kappa shape index (κ2) is 6.98. The highest BCUT2D eigenvalue weighted by atomic mass is 32.1. The number of rotatable bonds is 4. The quantitative estimate of drug-likeness (QED) is 0.476. The van der Waals surface area contributed by atoms with Crippen LogP contribution in [-0.4, -0.2) is 41.9 Å². The molecule has 10 heteroatoms. The van der Waals surface area contributed by atoms with Gasteiger partial charge in [0.05, 0.1) is 23.3 Å². The number of fused-ring (bicyclic) bond motifs is 2. The minimum atomic E-state index is -0.238. The van der Waals surface area contributed by atoms with Crippen LogP contribution in [0.15, 0.2) is 30.6 Å². The van der Waals surface area contributed by atoms with Gasteiger partial charge in [-0.1, -0.05) is 6.07 Å². The van der Waals surface area contributed by atoms with Crippen molar-refractivity contribution in [1.82, 2.24) is 29.4 Å². The van der Waals surface area contributed by atoms with Gasteiger partial charge < -0.3 is 15.3 Å². The van der Waals surface area contributed by atoms with Crippen molar-refractivity contribution in [2.45, 2.75) is 19.5 Å². The Hall–Kier alpha value is -3.24. The molecule has 0 aliphatic carbocycles. The summed E-state index contributed by atoms with van der Waals surface area (Å²) in [4.78, 5) is 32.5. The summed E-state index contributed by atoms with van der Waals surface area (Å²) < 4.78 is 2.04. The summed E-state index contributed by atoms with van der Waals surface area (Å²) in [5.74, 6) is 1.09. The normalized spacial score (nSPS) is 14.2. The molecule has 0 fully saturated rings. The van der Waals surface area contributed by atoms with Crippen LogP contribution in [0.4, 0.5) is 11.1 Å². The fraction of sp³-hybridized carbons (Fsp3) is 0.263. The van der Waals surface area contributed by atoms with Crippen LogP contribution in [0, 0.1) is 0 Å². The number of hydrogen-bond acceptors (Lipinski definition) is 7. The van der Waals surface area contributed by atoms with E-state index in [-0.39, 0.29) is 11.9 Å². The molecule has 0 bridgehead atoms. The van der Waals surface area contributed by atoms with Crippen molar-refractivity contribution >= 4 is 39.4 Å². The molecule has 4 aromatic rings. The molecule has 1 aliphatic heterocycles. The number of nitrogen functional groups attached to an aromatic ring is 1. The van der Waals surface area contributed by atoms with Crippen molar-refractivity contribution < 1.29 is 4.79 Å². The SMILES string of the molecule is Cn1ccnc1CN1CCc2nc(NC(=O)c3cccc4[nH]c(N)nc34)sc2C1. The number of nitrogens with one attached hydrogen (secondary N) is 2. The molecule has 4 heterocycles. The summed E-state index contributed by atoms with van der Waals surface area (Å²) in [6.07, 6.45) is 4.63. The van der Waals surface area contributed by atoms with Crippen molar-refractivity contribution in [2.24, 2.45) is 7.05 Å². The fourth-order valence-corrected chi connectivity index (χ4v) is 4.63. The minimum Gasteiger partial charge on any atom is -0.369 e. The number of hydrogen-bond donors (Lipinski definition) is 3. The number of benzene rings is 1. The average molecular weight is 408 g/mol. The molecule has 0 atom stereocenters. The van der Waals surface area contributed by atoms with E-state index in [0.29, 0.717) is 16.2 Å². The van der Waals surface area contributed by atoms with Gasteiger partial charge in [0.25, 0.3) is 5.91 Å². The molecule has 1 amide bonds. The highest BCUT2D eigenvalue weighted by Gasteiger charge is 2.23. The van der Waals surface area contributed by atoms with Crippen molar-refractivity contribution in [1.29, 1.82) is 0 Å². The van der Waals surface area contributed by atoms with E-state index in [1.807, 2.05) is 30.1 Å². The molecule has 1 aliphatic rings. The van der Waals surface area contributed by atoms with Crippen LogP contribution >= 0.6 is 11.3 Å². The van der Waals surface area contributed by atoms with Crippen molar-refractivity contribution in [3.05, 3.63) is 52.6 Å². The first-order valence-electron chi connectivity index (χ1n) is 9.29. The molecular weight excluding hydrogens is 388 g/mol. The molecule has 9 nitrogen and oxygen atoms in total. The first-order valence-corrected chi connectivity index (χ1v) is 10.1. The number of nitrogens with zero attached hydrogens (tertiary/aromatic N) is 5. The highest BCUT2D eigenvalue weighted by molar-refractivity contribution is 7.15. The van der Waals surface area contributed by atoms with Gasteiger partial charge >= 0.3 is 0 Å². The molecule has 29 heavy (non-hydrogen) atoms. The van der Waals surface area contributed by atoms with Crippen molar-refractivity contribution in [2.75, 3.05) is 17.6 Å². The van der Waals surface area contributed by atoms with E-state index in [0.717, 1.165) is 43.1 Å². The predicted octanol–water partition coefficient (Wildman–Crippen LogP) is 2.15. The maximum absolute atomic E-state index is 12.8. The lowest BCUT2D eigenvalue weighted by molar-refractivity contribution is 0.102.